The Kier molecular flexibility index (Phi) is 7.91. The van der Waals surface area contributed by atoms with E-state index in [0.29, 0.717) is 15.8 Å². The summed E-state index contributed by atoms with van der Waals surface area (Å²) in [5, 5.41) is 10.2. The Labute approximate surface area is 204 Å². The standard InChI is InChI=1S/C25H33ClN4O2S/c1-3-19-20(13-17(26)14-27-19)28-15(2)22-10-11-23(33-22)25(32)30-21(12-16-6-4-5-7-16)24(31)29-18-8-9-18/h10-11,13-16,18,21,28H,3-9,12H2,1-2H3,(H,29,31)(H,30,32)/t15-,21-/m0/s1. The highest BCUT2D eigenvalue weighted by Crippen LogP contribution is 2.31. The molecule has 0 unspecified atom stereocenters. The number of aromatic nitrogens is 1. The van der Waals surface area contributed by atoms with Crippen LogP contribution in [0.1, 0.15) is 85.1 Å². The maximum Gasteiger partial charge on any atom is 0.262 e. The van der Waals surface area contributed by atoms with Crippen LogP contribution < -0.4 is 16.0 Å². The smallest absolute Gasteiger partial charge is 0.262 e. The number of hydrogen-bond donors (Lipinski definition) is 3. The van der Waals surface area contributed by atoms with Crippen molar-refractivity contribution in [2.45, 2.75) is 83.3 Å². The summed E-state index contributed by atoms with van der Waals surface area (Å²) in [6, 6.07) is 5.51. The van der Waals surface area contributed by atoms with Crippen molar-refractivity contribution in [2.75, 3.05) is 5.32 Å². The van der Waals surface area contributed by atoms with Crippen LogP contribution >= 0.6 is 22.9 Å². The first-order valence-corrected chi connectivity index (χ1v) is 13.2. The minimum atomic E-state index is -0.466. The zero-order valence-corrected chi connectivity index (χ0v) is 20.9. The largest absolute Gasteiger partial charge is 0.376 e. The van der Waals surface area contributed by atoms with E-state index in [1.807, 2.05) is 18.2 Å². The van der Waals surface area contributed by atoms with Gasteiger partial charge in [0.05, 0.1) is 27.3 Å². The van der Waals surface area contributed by atoms with Gasteiger partial charge in [-0.15, -0.1) is 11.3 Å². The average Bonchev–Trinajstić information content (AvgIpc) is 3.25. The molecule has 2 fully saturated rings. The van der Waals surface area contributed by atoms with E-state index < -0.39 is 6.04 Å². The van der Waals surface area contributed by atoms with E-state index in [0.717, 1.165) is 54.8 Å². The van der Waals surface area contributed by atoms with Crippen LogP contribution in [0.4, 0.5) is 5.69 Å². The molecule has 0 radical (unpaired) electrons. The van der Waals surface area contributed by atoms with Crippen molar-refractivity contribution in [3.8, 4) is 0 Å². The van der Waals surface area contributed by atoms with Crippen LogP contribution in [0.15, 0.2) is 24.4 Å². The van der Waals surface area contributed by atoms with E-state index in [2.05, 4.69) is 34.8 Å². The molecule has 0 aromatic carbocycles. The lowest BCUT2D eigenvalue weighted by atomic mass is 9.97. The average molecular weight is 489 g/mol. The maximum absolute atomic E-state index is 13.0. The molecule has 0 saturated heterocycles. The predicted molar refractivity (Wildman–Crippen MR) is 134 cm³/mol. The molecular weight excluding hydrogens is 456 g/mol. The fourth-order valence-electron chi connectivity index (χ4n) is 4.46. The first-order chi connectivity index (χ1) is 15.9. The van der Waals surface area contributed by atoms with Gasteiger partial charge in [-0.05, 0) is 56.7 Å². The Balaban J connectivity index is 1.41. The molecule has 2 aromatic heterocycles. The number of hydrogen-bond acceptors (Lipinski definition) is 5. The van der Waals surface area contributed by atoms with E-state index in [1.165, 1.54) is 24.2 Å². The van der Waals surface area contributed by atoms with Crippen molar-refractivity contribution < 1.29 is 9.59 Å². The Hall–Kier alpha value is -2.12. The summed E-state index contributed by atoms with van der Waals surface area (Å²) in [5.41, 5.74) is 1.86. The summed E-state index contributed by atoms with van der Waals surface area (Å²) in [6.07, 6.45) is 9.99. The lowest BCUT2D eigenvalue weighted by Gasteiger charge is -2.21. The number of amides is 2. The van der Waals surface area contributed by atoms with Crippen LogP contribution in [-0.4, -0.2) is 28.9 Å². The van der Waals surface area contributed by atoms with Gasteiger partial charge in [-0.3, -0.25) is 14.6 Å². The Bertz CT molecular complexity index is 985. The Morgan fingerprint density at radius 2 is 1.97 bits per heavy atom. The zero-order valence-electron chi connectivity index (χ0n) is 19.3. The summed E-state index contributed by atoms with van der Waals surface area (Å²) in [4.78, 5) is 31.9. The van der Waals surface area contributed by atoms with Crippen molar-refractivity contribution in [1.82, 2.24) is 15.6 Å². The zero-order chi connectivity index (χ0) is 23.4. The van der Waals surface area contributed by atoms with Crippen LogP contribution in [0.25, 0.3) is 0 Å². The fraction of sp³-hybridized carbons (Fsp3) is 0.560. The summed E-state index contributed by atoms with van der Waals surface area (Å²) < 4.78 is 0. The molecule has 178 valence electrons. The molecule has 0 aliphatic heterocycles. The Morgan fingerprint density at radius 1 is 1.21 bits per heavy atom. The van der Waals surface area contributed by atoms with Crippen molar-refractivity contribution in [3.63, 3.8) is 0 Å². The van der Waals surface area contributed by atoms with E-state index in [4.69, 9.17) is 11.6 Å². The number of carbonyl (C=O) groups is 2. The molecule has 0 spiro atoms. The lowest BCUT2D eigenvalue weighted by Crippen LogP contribution is -2.48. The number of carbonyl (C=O) groups excluding carboxylic acids is 2. The maximum atomic E-state index is 13.0. The number of thiophene rings is 1. The van der Waals surface area contributed by atoms with Gasteiger partial charge in [-0.2, -0.15) is 0 Å². The number of rotatable bonds is 10. The van der Waals surface area contributed by atoms with Gasteiger partial charge in [0.25, 0.3) is 5.91 Å². The fourth-order valence-corrected chi connectivity index (χ4v) is 5.53. The normalized spacial score (nSPS) is 18.0. The number of nitrogens with zero attached hydrogens (tertiary/aromatic N) is 1. The molecule has 4 rings (SSSR count). The molecule has 0 bridgehead atoms. The highest BCUT2D eigenvalue weighted by Gasteiger charge is 2.31. The minimum Gasteiger partial charge on any atom is -0.376 e. The van der Waals surface area contributed by atoms with Crippen LogP contribution in [0.3, 0.4) is 0 Å². The third kappa shape index (κ3) is 6.48. The summed E-state index contributed by atoms with van der Waals surface area (Å²) >= 11 is 7.58. The van der Waals surface area contributed by atoms with E-state index in [-0.39, 0.29) is 23.9 Å². The summed E-state index contributed by atoms with van der Waals surface area (Å²) in [5.74, 6) is 0.304. The molecule has 3 N–H and O–H groups in total. The van der Waals surface area contributed by atoms with Gasteiger partial charge >= 0.3 is 0 Å². The number of halogens is 1. The predicted octanol–water partition coefficient (Wildman–Crippen LogP) is 5.49. The monoisotopic (exact) mass is 488 g/mol. The quantitative estimate of drug-likeness (QED) is 0.413. The van der Waals surface area contributed by atoms with E-state index >= 15 is 0 Å². The van der Waals surface area contributed by atoms with Gasteiger partial charge in [-0.1, -0.05) is 44.2 Å². The summed E-state index contributed by atoms with van der Waals surface area (Å²) in [6.45, 7) is 4.11. The molecule has 2 amide bonds. The second-order valence-corrected chi connectivity index (χ2v) is 10.8. The second-order valence-electron chi connectivity index (χ2n) is 9.26. The van der Waals surface area contributed by atoms with Gasteiger partial charge in [0.1, 0.15) is 6.04 Å². The molecular formula is C25H33ClN4O2S. The molecule has 2 aliphatic carbocycles. The molecule has 2 heterocycles. The molecule has 2 saturated carbocycles. The molecule has 2 aromatic rings. The third-order valence-electron chi connectivity index (χ3n) is 6.51. The molecule has 6 nitrogen and oxygen atoms in total. The van der Waals surface area contributed by atoms with Crippen molar-refractivity contribution in [2.24, 2.45) is 5.92 Å². The number of nitrogens with one attached hydrogen (secondary N) is 3. The van der Waals surface area contributed by atoms with E-state index in [1.54, 1.807) is 6.20 Å². The van der Waals surface area contributed by atoms with Gasteiger partial charge in [0, 0.05) is 17.1 Å². The number of pyridine rings is 1. The van der Waals surface area contributed by atoms with Crippen LogP contribution in [0.2, 0.25) is 5.02 Å². The molecule has 8 heteroatoms. The first kappa shape index (κ1) is 24.0. The number of aryl methyl sites for hydroxylation is 1. The van der Waals surface area contributed by atoms with Crippen molar-refractivity contribution >= 4 is 40.4 Å². The summed E-state index contributed by atoms with van der Waals surface area (Å²) in [7, 11) is 0. The van der Waals surface area contributed by atoms with Crippen LogP contribution in [0.5, 0.6) is 0 Å². The third-order valence-corrected chi connectivity index (χ3v) is 7.98. The van der Waals surface area contributed by atoms with Gasteiger partial charge in [0.15, 0.2) is 0 Å². The highest BCUT2D eigenvalue weighted by molar-refractivity contribution is 7.14. The van der Waals surface area contributed by atoms with Crippen LogP contribution in [0, 0.1) is 5.92 Å². The molecule has 2 aliphatic rings. The molecule has 33 heavy (non-hydrogen) atoms. The minimum absolute atomic E-state index is 0.00503. The Morgan fingerprint density at radius 3 is 2.67 bits per heavy atom. The lowest BCUT2D eigenvalue weighted by molar-refractivity contribution is -0.123. The second kappa shape index (κ2) is 10.9. The topological polar surface area (TPSA) is 83.1 Å². The van der Waals surface area contributed by atoms with Gasteiger partial charge < -0.3 is 16.0 Å². The van der Waals surface area contributed by atoms with E-state index in [9.17, 15) is 9.59 Å². The van der Waals surface area contributed by atoms with Crippen molar-refractivity contribution in [1.29, 1.82) is 0 Å². The van der Waals surface area contributed by atoms with Gasteiger partial charge in [0.2, 0.25) is 5.91 Å². The molecule has 2 atom stereocenters. The highest BCUT2D eigenvalue weighted by atomic mass is 35.5. The first-order valence-electron chi connectivity index (χ1n) is 12.0. The number of anilines is 1. The SMILES string of the molecule is CCc1ncc(Cl)cc1N[C@@H](C)c1ccc(C(=O)N[C@@H](CC2CCCC2)C(=O)NC2CC2)s1. The van der Waals surface area contributed by atoms with Gasteiger partial charge in [-0.25, -0.2) is 0 Å². The van der Waals surface area contributed by atoms with Crippen LogP contribution in [-0.2, 0) is 11.2 Å². The van der Waals surface area contributed by atoms with Crippen molar-refractivity contribution in [3.05, 3.63) is 44.9 Å².